The second kappa shape index (κ2) is 7.34. The number of nitrogens with zero attached hydrogens (tertiary/aromatic N) is 2. The third kappa shape index (κ3) is 2.69. The molecule has 11 heteroatoms. The predicted molar refractivity (Wildman–Crippen MR) is 106 cm³/mol. The van der Waals surface area contributed by atoms with E-state index in [9.17, 15) is 14.4 Å². The van der Waals surface area contributed by atoms with Gasteiger partial charge in [-0.3, -0.25) is 9.59 Å². The number of rotatable bonds is 8. The Balaban J connectivity index is 1.80. The molecule has 3 aliphatic heterocycles. The van der Waals surface area contributed by atoms with Gasteiger partial charge in [0.25, 0.3) is 0 Å². The molecule has 1 aliphatic carbocycles. The quantitative estimate of drug-likeness (QED) is 0.245. The molecule has 0 saturated carbocycles. The summed E-state index contributed by atoms with van der Waals surface area (Å²) in [7, 11) is 1.54. The summed E-state index contributed by atoms with van der Waals surface area (Å²) < 4.78 is 11.1. The van der Waals surface area contributed by atoms with Gasteiger partial charge in [0, 0.05) is 57.0 Å². The Morgan fingerprint density at radius 2 is 1.93 bits per heavy atom. The van der Waals surface area contributed by atoms with Crippen LogP contribution in [0.4, 0.5) is 4.79 Å². The highest BCUT2D eigenvalue weighted by Gasteiger charge is 2.72. The molecule has 3 heterocycles. The summed E-state index contributed by atoms with van der Waals surface area (Å²) in [6.07, 6.45) is -0.949. The summed E-state index contributed by atoms with van der Waals surface area (Å²) in [4.78, 5) is 42.2. The van der Waals surface area contributed by atoms with Crippen LogP contribution in [0.5, 0.6) is 0 Å². The van der Waals surface area contributed by atoms with Gasteiger partial charge in [-0.05, 0) is 6.92 Å². The lowest BCUT2D eigenvalue weighted by molar-refractivity contribution is -0.137. The zero-order valence-corrected chi connectivity index (χ0v) is 17.1. The Morgan fingerprint density at radius 1 is 1.27 bits per heavy atom. The van der Waals surface area contributed by atoms with Gasteiger partial charge in [-0.15, -0.1) is 0 Å². The van der Waals surface area contributed by atoms with E-state index in [2.05, 4.69) is 5.32 Å². The molecule has 0 radical (unpaired) electrons. The first kappa shape index (κ1) is 20.8. The molecule has 2 saturated heterocycles. The molecule has 30 heavy (non-hydrogen) atoms. The number of carbonyl (C=O) groups excluding carboxylic acids is 3. The van der Waals surface area contributed by atoms with Crippen molar-refractivity contribution in [2.75, 3.05) is 46.4 Å². The zero-order chi connectivity index (χ0) is 21.8. The number of piperazine rings is 1. The largest absolute Gasteiger partial charge is 0.449 e. The van der Waals surface area contributed by atoms with Gasteiger partial charge >= 0.3 is 6.09 Å². The molecule has 4 rings (SSSR count). The summed E-state index contributed by atoms with van der Waals surface area (Å²) in [5, 5.41) is 3.33. The molecule has 4 atom stereocenters. The van der Waals surface area contributed by atoms with Crippen molar-refractivity contribution in [3.8, 4) is 0 Å². The van der Waals surface area contributed by atoms with Crippen LogP contribution in [-0.2, 0) is 19.1 Å². The predicted octanol–water partition coefficient (Wildman–Crippen LogP) is -2.39. The van der Waals surface area contributed by atoms with E-state index in [-0.39, 0.29) is 30.3 Å². The molecular weight excluding hydrogens is 392 g/mol. The number of carbonyl (C=O) groups is 3. The number of allylic oxidation sites excluding steroid dienone is 2. The third-order valence-corrected chi connectivity index (χ3v) is 6.51. The summed E-state index contributed by atoms with van der Waals surface area (Å²) in [5.41, 5.74) is 17.0. The molecule has 0 aromatic rings. The fourth-order valence-electron chi connectivity index (χ4n) is 5.31. The summed E-state index contributed by atoms with van der Waals surface area (Å²) in [5.74, 6) is -1.18. The fourth-order valence-corrected chi connectivity index (χ4v) is 5.31. The first-order chi connectivity index (χ1) is 14.3. The summed E-state index contributed by atoms with van der Waals surface area (Å²) >= 11 is 0. The van der Waals surface area contributed by atoms with Crippen LogP contribution >= 0.6 is 0 Å². The van der Waals surface area contributed by atoms with Crippen LogP contribution in [0.15, 0.2) is 22.5 Å². The second-order valence-corrected chi connectivity index (χ2v) is 7.96. The van der Waals surface area contributed by atoms with Crippen LogP contribution < -0.4 is 22.5 Å². The van der Waals surface area contributed by atoms with E-state index in [1.807, 2.05) is 4.90 Å². The fraction of sp³-hybridized carbons (Fsp3) is 0.632. The highest BCUT2D eigenvalue weighted by atomic mass is 16.6. The van der Waals surface area contributed by atoms with E-state index < -0.39 is 17.7 Å². The van der Waals surface area contributed by atoms with Crippen molar-refractivity contribution < 1.29 is 23.9 Å². The Kier molecular flexibility index (Phi) is 5.09. The first-order valence-corrected chi connectivity index (χ1v) is 10.0. The molecule has 0 spiro atoms. The number of nitrogens with two attached hydrogens (primary N) is 3. The molecular formula is C19H28N6O5. The number of amides is 1. The Bertz CT molecular complexity index is 863. The lowest BCUT2D eigenvalue weighted by atomic mass is 9.82. The highest BCUT2D eigenvalue weighted by Crippen LogP contribution is 2.55. The molecule has 11 nitrogen and oxygen atoms in total. The second-order valence-electron chi connectivity index (χ2n) is 7.96. The highest BCUT2D eigenvalue weighted by molar-refractivity contribution is 6.25. The molecule has 164 valence electrons. The van der Waals surface area contributed by atoms with Gasteiger partial charge in [0.15, 0.2) is 5.72 Å². The summed E-state index contributed by atoms with van der Waals surface area (Å²) in [6, 6.07) is 0.0674. The monoisotopic (exact) mass is 420 g/mol. The Labute approximate surface area is 174 Å². The summed E-state index contributed by atoms with van der Waals surface area (Å²) in [6.45, 7) is 3.40. The lowest BCUT2D eigenvalue weighted by Crippen LogP contribution is -2.55. The van der Waals surface area contributed by atoms with E-state index in [1.54, 1.807) is 11.8 Å². The molecule has 0 aromatic carbocycles. The van der Waals surface area contributed by atoms with Crippen LogP contribution in [0, 0.1) is 5.92 Å². The van der Waals surface area contributed by atoms with Crippen molar-refractivity contribution in [3.63, 3.8) is 0 Å². The maximum Gasteiger partial charge on any atom is 0.404 e. The van der Waals surface area contributed by atoms with Crippen molar-refractivity contribution in [1.82, 2.24) is 15.1 Å². The normalized spacial score (nSPS) is 31.7. The number of hydrogen-bond donors (Lipinski definition) is 4. The zero-order valence-electron chi connectivity index (χ0n) is 17.1. The van der Waals surface area contributed by atoms with Crippen LogP contribution in [-0.4, -0.2) is 91.7 Å². The van der Waals surface area contributed by atoms with Gasteiger partial charge in [-0.25, -0.2) is 4.79 Å². The number of Topliss-reactive ketones (excluding diaryl/α,β-unsaturated/α-hetero) is 2. The lowest BCUT2D eigenvalue weighted by Gasteiger charge is -2.39. The Morgan fingerprint density at radius 3 is 2.50 bits per heavy atom. The molecule has 3 unspecified atom stereocenters. The molecule has 4 aliphatic rings. The number of fused-ring (bicyclic) bond motifs is 4. The van der Waals surface area contributed by atoms with Gasteiger partial charge in [0.1, 0.15) is 6.61 Å². The van der Waals surface area contributed by atoms with Crippen LogP contribution in [0.3, 0.4) is 0 Å². The maximum atomic E-state index is 13.8. The average Bonchev–Trinajstić information content (AvgIpc) is 3.31. The van der Waals surface area contributed by atoms with Crippen molar-refractivity contribution >= 4 is 17.7 Å². The van der Waals surface area contributed by atoms with Crippen LogP contribution in [0.25, 0.3) is 0 Å². The van der Waals surface area contributed by atoms with Gasteiger partial charge in [-0.1, -0.05) is 0 Å². The molecule has 0 aromatic heterocycles. The van der Waals surface area contributed by atoms with Gasteiger partial charge in [0.2, 0.25) is 11.6 Å². The van der Waals surface area contributed by atoms with E-state index >= 15 is 0 Å². The van der Waals surface area contributed by atoms with Gasteiger partial charge in [0.05, 0.1) is 23.4 Å². The SMILES string of the molecule is CO[C@@]12C(COC(N)=O)C3=C(C(=O)C(C)=C(N(CCN)CCN)C3=O)N1CC1NC12. The van der Waals surface area contributed by atoms with Crippen molar-refractivity contribution in [1.29, 1.82) is 0 Å². The third-order valence-electron chi connectivity index (χ3n) is 6.51. The first-order valence-electron chi connectivity index (χ1n) is 10.0. The van der Waals surface area contributed by atoms with Crippen LogP contribution in [0.1, 0.15) is 6.92 Å². The topological polar surface area (TPSA) is 176 Å². The Hall–Kier alpha value is -2.47. The van der Waals surface area contributed by atoms with Crippen LogP contribution in [0.2, 0.25) is 0 Å². The number of primary amides is 1. The van der Waals surface area contributed by atoms with E-state index in [1.165, 1.54) is 7.11 Å². The standard InChI is InChI=1S/C19H28N6O5/c1-9-13(24(5-3-20)6-4-21)16(27)12-10(8-30-18(22)28)19(29-2)17-11(23-17)7-25(19)14(12)15(9)26/h10-11,17,23H,3-8,20-21H2,1-2H3,(H2,22,28)/t10?,11?,17?,19-/m1/s1. The molecule has 2 fully saturated rings. The molecule has 7 N–H and O–H groups in total. The minimum Gasteiger partial charge on any atom is -0.449 e. The number of methoxy groups -OCH3 is 1. The van der Waals surface area contributed by atoms with E-state index in [4.69, 9.17) is 26.7 Å². The van der Waals surface area contributed by atoms with E-state index in [0.29, 0.717) is 55.3 Å². The van der Waals surface area contributed by atoms with E-state index in [0.717, 1.165) is 0 Å². The van der Waals surface area contributed by atoms with Crippen molar-refractivity contribution in [3.05, 3.63) is 22.5 Å². The minimum absolute atomic E-state index is 0.0804. The number of ketones is 2. The number of ether oxygens (including phenoxy) is 2. The smallest absolute Gasteiger partial charge is 0.404 e. The average molecular weight is 420 g/mol. The number of nitrogens with one attached hydrogen (secondary N) is 1. The maximum absolute atomic E-state index is 13.8. The number of hydrogen-bond acceptors (Lipinski definition) is 10. The van der Waals surface area contributed by atoms with Crippen molar-refractivity contribution in [2.24, 2.45) is 23.1 Å². The molecule has 1 amide bonds. The van der Waals surface area contributed by atoms with Gasteiger partial charge in [-0.2, -0.15) is 0 Å². The van der Waals surface area contributed by atoms with Crippen molar-refractivity contribution in [2.45, 2.75) is 24.7 Å². The van der Waals surface area contributed by atoms with Gasteiger partial charge < -0.3 is 41.8 Å². The molecule has 0 bridgehead atoms. The minimum atomic E-state index is -0.988.